The number of benzene rings is 2. The van der Waals surface area contributed by atoms with Crippen molar-refractivity contribution in [3.05, 3.63) is 54.1 Å². The predicted octanol–water partition coefficient (Wildman–Crippen LogP) is 2.79. The SMILES string of the molecule is C[C@H]1CC(=O)Nc2ccccc2N1C(=O)COC(=O)c1ccccc1SCC(=O)N(C)C. The second-order valence-electron chi connectivity index (χ2n) is 7.53. The van der Waals surface area contributed by atoms with E-state index in [1.54, 1.807) is 69.6 Å². The summed E-state index contributed by atoms with van der Waals surface area (Å²) in [7, 11) is 3.33. The summed E-state index contributed by atoms with van der Waals surface area (Å²) < 4.78 is 5.32. The van der Waals surface area contributed by atoms with Crippen LogP contribution >= 0.6 is 11.8 Å². The highest BCUT2D eigenvalue weighted by molar-refractivity contribution is 8.00. The van der Waals surface area contributed by atoms with E-state index in [1.807, 2.05) is 0 Å². The molecule has 0 aliphatic carbocycles. The van der Waals surface area contributed by atoms with Crippen molar-refractivity contribution < 1.29 is 23.9 Å². The van der Waals surface area contributed by atoms with Crippen LogP contribution in [0.1, 0.15) is 23.7 Å². The molecule has 2 aromatic carbocycles. The van der Waals surface area contributed by atoms with Gasteiger partial charge in [0.05, 0.1) is 22.7 Å². The molecule has 8 nitrogen and oxygen atoms in total. The molecule has 0 bridgehead atoms. The van der Waals surface area contributed by atoms with E-state index in [2.05, 4.69) is 5.32 Å². The average molecular weight is 456 g/mol. The zero-order valence-corrected chi connectivity index (χ0v) is 19.0. The predicted molar refractivity (Wildman–Crippen MR) is 123 cm³/mol. The van der Waals surface area contributed by atoms with Crippen molar-refractivity contribution in [1.82, 2.24) is 4.90 Å². The van der Waals surface area contributed by atoms with Gasteiger partial charge in [0.25, 0.3) is 5.91 Å². The van der Waals surface area contributed by atoms with Crippen LogP contribution < -0.4 is 10.2 Å². The van der Waals surface area contributed by atoms with E-state index in [0.29, 0.717) is 16.3 Å². The van der Waals surface area contributed by atoms with Gasteiger partial charge in [-0.3, -0.25) is 14.4 Å². The van der Waals surface area contributed by atoms with Crippen LogP contribution in [0.2, 0.25) is 0 Å². The maximum Gasteiger partial charge on any atom is 0.339 e. The van der Waals surface area contributed by atoms with Crippen LogP contribution in [-0.4, -0.2) is 61.1 Å². The van der Waals surface area contributed by atoms with Gasteiger partial charge in [0.2, 0.25) is 11.8 Å². The molecule has 0 radical (unpaired) electrons. The van der Waals surface area contributed by atoms with Gasteiger partial charge in [-0.2, -0.15) is 0 Å². The molecule has 0 saturated heterocycles. The van der Waals surface area contributed by atoms with E-state index in [0.717, 1.165) is 0 Å². The zero-order chi connectivity index (χ0) is 23.3. The summed E-state index contributed by atoms with van der Waals surface area (Å²) in [5.41, 5.74) is 1.39. The van der Waals surface area contributed by atoms with Crippen molar-refractivity contribution in [3.63, 3.8) is 0 Å². The van der Waals surface area contributed by atoms with E-state index in [1.165, 1.54) is 21.6 Å². The molecule has 0 saturated carbocycles. The number of fused-ring (bicyclic) bond motifs is 1. The Hall–Kier alpha value is -3.33. The monoisotopic (exact) mass is 455 g/mol. The summed E-state index contributed by atoms with van der Waals surface area (Å²) in [5.74, 6) is -1.16. The lowest BCUT2D eigenvalue weighted by Crippen LogP contribution is -2.41. The average Bonchev–Trinajstić information content (AvgIpc) is 2.89. The highest BCUT2D eigenvalue weighted by atomic mass is 32.2. The molecule has 2 aromatic rings. The van der Waals surface area contributed by atoms with E-state index < -0.39 is 24.5 Å². The number of rotatable bonds is 6. The van der Waals surface area contributed by atoms with Gasteiger partial charge in [0, 0.05) is 31.5 Å². The number of nitrogens with zero attached hydrogens (tertiary/aromatic N) is 2. The van der Waals surface area contributed by atoms with Crippen molar-refractivity contribution in [2.75, 3.05) is 36.7 Å². The normalized spacial score (nSPS) is 15.3. The third kappa shape index (κ3) is 5.47. The quantitative estimate of drug-likeness (QED) is 0.532. The number of thioether (sulfide) groups is 1. The molecule has 32 heavy (non-hydrogen) atoms. The van der Waals surface area contributed by atoms with Crippen molar-refractivity contribution in [2.24, 2.45) is 0 Å². The molecular weight excluding hydrogens is 430 g/mol. The first-order chi connectivity index (χ1) is 15.3. The fourth-order valence-electron chi connectivity index (χ4n) is 3.27. The number of carbonyl (C=O) groups is 4. The Morgan fingerprint density at radius 1 is 1.12 bits per heavy atom. The first kappa shape index (κ1) is 23.3. The van der Waals surface area contributed by atoms with Crippen LogP contribution in [0, 0.1) is 0 Å². The largest absolute Gasteiger partial charge is 0.452 e. The number of hydrogen-bond donors (Lipinski definition) is 1. The summed E-state index contributed by atoms with van der Waals surface area (Å²) in [5, 5.41) is 2.79. The highest BCUT2D eigenvalue weighted by Gasteiger charge is 2.30. The van der Waals surface area contributed by atoms with Crippen molar-refractivity contribution in [2.45, 2.75) is 24.3 Å². The minimum absolute atomic E-state index is 0.0784. The van der Waals surface area contributed by atoms with Gasteiger partial charge in [0.15, 0.2) is 6.61 Å². The minimum atomic E-state index is -0.649. The lowest BCUT2D eigenvalue weighted by Gasteiger charge is -2.27. The van der Waals surface area contributed by atoms with Gasteiger partial charge in [-0.05, 0) is 31.2 Å². The Bertz CT molecular complexity index is 1040. The Labute approximate surface area is 190 Å². The fourth-order valence-corrected chi connectivity index (χ4v) is 4.29. The number of amides is 3. The van der Waals surface area contributed by atoms with E-state index >= 15 is 0 Å². The maximum atomic E-state index is 13.0. The second-order valence-corrected chi connectivity index (χ2v) is 8.55. The molecule has 168 valence electrons. The zero-order valence-electron chi connectivity index (χ0n) is 18.2. The molecule has 3 amide bonds. The Kier molecular flexibility index (Phi) is 7.53. The minimum Gasteiger partial charge on any atom is -0.452 e. The van der Waals surface area contributed by atoms with Gasteiger partial charge in [-0.15, -0.1) is 11.8 Å². The summed E-state index contributed by atoms with van der Waals surface area (Å²) >= 11 is 1.24. The molecule has 0 aromatic heterocycles. The molecule has 1 N–H and O–H groups in total. The number of anilines is 2. The highest BCUT2D eigenvalue weighted by Crippen LogP contribution is 2.31. The summed E-state index contributed by atoms with van der Waals surface area (Å²) in [6.45, 7) is 1.30. The number of hydrogen-bond acceptors (Lipinski definition) is 6. The van der Waals surface area contributed by atoms with Crippen molar-refractivity contribution in [1.29, 1.82) is 0 Å². The Morgan fingerprint density at radius 2 is 1.81 bits per heavy atom. The van der Waals surface area contributed by atoms with E-state index in [-0.39, 0.29) is 29.6 Å². The first-order valence-corrected chi connectivity index (χ1v) is 11.1. The number of nitrogens with one attached hydrogen (secondary N) is 1. The van der Waals surface area contributed by atoms with Gasteiger partial charge in [-0.25, -0.2) is 4.79 Å². The molecule has 1 atom stereocenters. The van der Waals surface area contributed by atoms with Crippen LogP contribution in [0.3, 0.4) is 0 Å². The fraction of sp³-hybridized carbons (Fsp3) is 0.304. The van der Waals surface area contributed by atoms with Crippen LogP contribution in [0.4, 0.5) is 11.4 Å². The van der Waals surface area contributed by atoms with Gasteiger partial charge in [-0.1, -0.05) is 24.3 Å². The topological polar surface area (TPSA) is 96.0 Å². The number of ether oxygens (including phenoxy) is 1. The molecular formula is C23H25N3O5S. The standard InChI is InChI=1S/C23H25N3O5S/c1-15-12-20(27)24-17-9-5-6-10-18(17)26(15)21(28)13-31-23(30)16-8-4-7-11-19(16)32-14-22(29)25(2)3/h4-11,15H,12-14H2,1-3H3,(H,24,27)/t15-/m0/s1. The van der Waals surface area contributed by atoms with E-state index in [9.17, 15) is 19.2 Å². The molecule has 0 spiro atoms. The maximum absolute atomic E-state index is 13.0. The molecule has 1 heterocycles. The lowest BCUT2D eigenvalue weighted by atomic mass is 10.1. The molecule has 0 unspecified atom stereocenters. The third-order valence-corrected chi connectivity index (χ3v) is 5.97. The van der Waals surface area contributed by atoms with Crippen LogP contribution in [0.15, 0.2) is 53.4 Å². The summed E-state index contributed by atoms with van der Waals surface area (Å²) in [4.78, 5) is 53.2. The van der Waals surface area contributed by atoms with E-state index in [4.69, 9.17) is 4.74 Å². The molecule has 0 fully saturated rings. The summed E-state index contributed by atoms with van der Waals surface area (Å²) in [6.07, 6.45) is 0.133. The molecule has 1 aliphatic heterocycles. The molecule has 9 heteroatoms. The van der Waals surface area contributed by atoms with Gasteiger partial charge < -0.3 is 19.9 Å². The smallest absolute Gasteiger partial charge is 0.339 e. The van der Waals surface area contributed by atoms with Crippen molar-refractivity contribution >= 4 is 46.8 Å². The van der Waals surface area contributed by atoms with Crippen LogP contribution in [-0.2, 0) is 19.1 Å². The first-order valence-electron chi connectivity index (χ1n) is 10.1. The Morgan fingerprint density at radius 3 is 2.56 bits per heavy atom. The summed E-state index contributed by atoms with van der Waals surface area (Å²) in [6, 6.07) is 13.4. The molecule has 3 rings (SSSR count). The Balaban J connectivity index is 1.71. The lowest BCUT2D eigenvalue weighted by molar-refractivity contribution is -0.126. The number of esters is 1. The van der Waals surface area contributed by atoms with Crippen LogP contribution in [0.25, 0.3) is 0 Å². The number of para-hydroxylation sites is 2. The number of carbonyl (C=O) groups excluding carboxylic acids is 4. The molecule has 1 aliphatic rings. The van der Waals surface area contributed by atoms with Gasteiger partial charge in [0.1, 0.15) is 0 Å². The van der Waals surface area contributed by atoms with Crippen molar-refractivity contribution in [3.8, 4) is 0 Å². The third-order valence-electron chi connectivity index (χ3n) is 4.91. The van der Waals surface area contributed by atoms with Crippen LogP contribution in [0.5, 0.6) is 0 Å². The van der Waals surface area contributed by atoms with Gasteiger partial charge >= 0.3 is 5.97 Å². The second kappa shape index (κ2) is 10.3.